The summed E-state index contributed by atoms with van der Waals surface area (Å²) in [4.78, 5) is 0. The van der Waals surface area contributed by atoms with E-state index in [0.29, 0.717) is 0 Å². The van der Waals surface area contributed by atoms with Gasteiger partial charge in [0.05, 0.1) is 0 Å². The highest BCUT2D eigenvalue weighted by Gasteiger charge is 1.96. The Hall–Kier alpha value is -1.46. The van der Waals surface area contributed by atoms with Crippen LogP contribution >= 0.6 is 0 Å². The molecule has 0 aliphatic rings. The van der Waals surface area contributed by atoms with E-state index in [2.05, 4.69) is 23.1 Å². The standard InChI is InChI=1S/C20H44N6/c1-2-3-4-5-6-7-8-9-10-11-12-13-14-15-16-17-18-24-20(23)26-25-19(21)22/h2-18H2,1H3,(H4,21,22,25)(H3,23,24,26). The number of guanidine groups is 2. The van der Waals surface area contributed by atoms with Crippen LogP contribution in [0.2, 0.25) is 0 Å². The van der Waals surface area contributed by atoms with E-state index < -0.39 is 0 Å². The molecule has 0 saturated heterocycles. The summed E-state index contributed by atoms with van der Waals surface area (Å²) in [5.74, 6) is -0.0416. The Morgan fingerprint density at radius 1 is 0.615 bits per heavy atom. The van der Waals surface area contributed by atoms with Gasteiger partial charge in [-0.2, -0.15) is 0 Å². The van der Waals surface area contributed by atoms with Crippen molar-refractivity contribution in [3.05, 3.63) is 0 Å². The fraction of sp³-hybridized carbons (Fsp3) is 0.900. The summed E-state index contributed by atoms with van der Waals surface area (Å²) in [6.07, 6.45) is 21.9. The lowest BCUT2D eigenvalue weighted by Crippen LogP contribution is -2.49. The Balaban J connectivity index is 3.09. The summed E-state index contributed by atoms with van der Waals surface area (Å²) >= 11 is 0. The van der Waals surface area contributed by atoms with Gasteiger partial charge in [0.25, 0.3) is 0 Å². The highest BCUT2D eigenvalue weighted by Crippen LogP contribution is 2.13. The molecule has 0 rings (SSSR count). The number of unbranched alkanes of at least 4 members (excludes halogenated alkanes) is 15. The normalized spacial score (nSPS) is 10.5. The Kier molecular flexibility index (Phi) is 18.7. The molecule has 0 saturated carbocycles. The topological polar surface area (TPSA) is 110 Å². The van der Waals surface area contributed by atoms with E-state index in [-0.39, 0.29) is 11.9 Å². The number of hydrogen-bond acceptors (Lipinski definition) is 2. The zero-order valence-corrected chi connectivity index (χ0v) is 17.1. The van der Waals surface area contributed by atoms with Gasteiger partial charge in [0.2, 0.25) is 11.9 Å². The Morgan fingerprint density at radius 2 is 1.00 bits per heavy atom. The molecule has 0 bridgehead atoms. The predicted molar refractivity (Wildman–Crippen MR) is 113 cm³/mol. The van der Waals surface area contributed by atoms with Crippen molar-refractivity contribution in [1.82, 2.24) is 16.2 Å². The summed E-state index contributed by atoms with van der Waals surface area (Å²) in [7, 11) is 0. The van der Waals surface area contributed by atoms with Crippen molar-refractivity contribution in [2.24, 2.45) is 5.73 Å². The lowest BCUT2D eigenvalue weighted by Gasteiger charge is -2.10. The third kappa shape index (κ3) is 20.6. The lowest BCUT2D eigenvalue weighted by molar-refractivity contribution is 0.529. The van der Waals surface area contributed by atoms with E-state index in [0.717, 1.165) is 13.0 Å². The van der Waals surface area contributed by atoms with Gasteiger partial charge in [-0.15, -0.1) is 0 Å². The Morgan fingerprint density at radius 3 is 1.38 bits per heavy atom. The minimum absolute atomic E-state index is 0.154. The summed E-state index contributed by atoms with van der Waals surface area (Å²) in [5.41, 5.74) is 10.0. The highest BCUT2D eigenvalue weighted by molar-refractivity contribution is 5.81. The number of hydrazine groups is 1. The van der Waals surface area contributed by atoms with Crippen molar-refractivity contribution >= 4 is 11.9 Å². The molecular weight excluding hydrogens is 324 g/mol. The maximum absolute atomic E-state index is 7.54. The van der Waals surface area contributed by atoms with E-state index in [1.807, 2.05) is 0 Å². The van der Waals surface area contributed by atoms with Crippen LogP contribution in [0.3, 0.4) is 0 Å². The second-order valence-electron chi connectivity index (χ2n) is 7.27. The van der Waals surface area contributed by atoms with Crippen LogP contribution in [-0.4, -0.2) is 18.5 Å². The second-order valence-corrected chi connectivity index (χ2v) is 7.27. The summed E-state index contributed by atoms with van der Waals surface area (Å²) in [6, 6.07) is 0. The first-order valence-electron chi connectivity index (χ1n) is 10.8. The van der Waals surface area contributed by atoms with Crippen LogP contribution in [-0.2, 0) is 0 Å². The minimum Gasteiger partial charge on any atom is -0.369 e. The Bertz CT molecular complexity index is 332. The quantitative estimate of drug-likeness (QED) is 0.0962. The molecule has 154 valence electrons. The van der Waals surface area contributed by atoms with Gasteiger partial charge in [-0.05, 0) is 6.42 Å². The van der Waals surface area contributed by atoms with Gasteiger partial charge in [0, 0.05) is 6.54 Å². The van der Waals surface area contributed by atoms with Crippen molar-refractivity contribution < 1.29 is 0 Å². The molecule has 0 aromatic heterocycles. The first-order valence-corrected chi connectivity index (χ1v) is 10.8. The SMILES string of the molecule is CCCCCCCCCCCCCCCCCCNC(=N)NNC(=N)N. The van der Waals surface area contributed by atoms with Crippen LogP contribution in [0.5, 0.6) is 0 Å². The zero-order chi connectivity index (χ0) is 19.3. The molecule has 0 atom stereocenters. The second kappa shape index (κ2) is 19.9. The van der Waals surface area contributed by atoms with Gasteiger partial charge < -0.3 is 11.1 Å². The average molecular weight is 369 g/mol. The molecule has 0 aliphatic carbocycles. The van der Waals surface area contributed by atoms with Gasteiger partial charge in [-0.3, -0.25) is 21.7 Å². The molecule has 0 amide bonds. The van der Waals surface area contributed by atoms with E-state index in [4.69, 9.17) is 16.6 Å². The minimum atomic E-state index is -0.195. The number of rotatable bonds is 17. The molecule has 0 aromatic carbocycles. The van der Waals surface area contributed by atoms with Crippen molar-refractivity contribution in [3.8, 4) is 0 Å². The predicted octanol–water partition coefficient (Wildman–Crippen LogP) is 4.76. The van der Waals surface area contributed by atoms with Crippen LogP contribution in [0.15, 0.2) is 0 Å². The molecule has 26 heavy (non-hydrogen) atoms. The number of hydrogen-bond donors (Lipinski definition) is 6. The zero-order valence-electron chi connectivity index (χ0n) is 17.1. The summed E-state index contributed by atoms with van der Waals surface area (Å²) in [6.45, 7) is 3.06. The average Bonchev–Trinajstić information content (AvgIpc) is 2.62. The monoisotopic (exact) mass is 368 g/mol. The molecule has 0 radical (unpaired) electrons. The van der Waals surface area contributed by atoms with Gasteiger partial charge in [0.15, 0.2) is 0 Å². The van der Waals surface area contributed by atoms with E-state index >= 15 is 0 Å². The number of nitrogens with two attached hydrogens (primary N) is 1. The van der Waals surface area contributed by atoms with Crippen LogP contribution in [0, 0.1) is 10.8 Å². The van der Waals surface area contributed by atoms with Gasteiger partial charge in [-0.25, -0.2) is 0 Å². The molecular formula is C20H44N6. The van der Waals surface area contributed by atoms with Gasteiger partial charge in [0.1, 0.15) is 0 Å². The maximum Gasteiger partial charge on any atom is 0.207 e. The molecule has 0 unspecified atom stereocenters. The van der Waals surface area contributed by atoms with Crippen molar-refractivity contribution in [3.63, 3.8) is 0 Å². The van der Waals surface area contributed by atoms with Crippen molar-refractivity contribution in [1.29, 1.82) is 10.8 Å². The van der Waals surface area contributed by atoms with E-state index in [1.165, 1.54) is 96.3 Å². The molecule has 0 spiro atoms. The van der Waals surface area contributed by atoms with Crippen LogP contribution in [0.4, 0.5) is 0 Å². The Labute approximate surface area is 161 Å². The molecule has 0 aliphatic heterocycles. The van der Waals surface area contributed by atoms with Crippen molar-refractivity contribution in [2.45, 2.75) is 110 Å². The van der Waals surface area contributed by atoms with Gasteiger partial charge in [-0.1, -0.05) is 103 Å². The third-order valence-corrected chi connectivity index (χ3v) is 4.65. The maximum atomic E-state index is 7.54. The molecule has 0 heterocycles. The largest absolute Gasteiger partial charge is 0.369 e. The highest BCUT2D eigenvalue weighted by atomic mass is 15.4. The fourth-order valence-corrected chi connectivity index (χ4v) is 3.06. The molecule has 6 nitrogen and oxygen atoms in total. The number of nitrogens with one attached hydrogen (secondary N) is 5. The molecule has 0 aromatic rings. The van der Waals surface area contributed by atoms with Crippen molar-refractivity contribution in [2.75, 3.05) is 6.54 Å². The van der Waals surface area contributed by atoms with Crippen LogP contribution < -0.4 is 21.9 Å². The molecule has 7 N–H and O–H groups in total. The van der Waals surface area contributed by atoms with E-state index in [1.54, 1.807) is 0 Å². The third-order valence-electron chi connectivity index (χ3n) is 4.65. The van der Waals surface area contributed by atoms with E-state index in [9.17, 15) is 0 Å². The lowest BCUT2D eigenvalue weighted by atomic mass is 10.0. The summed E-state index contributed by atoms with van der Waals surface area (Å²) in [5, 5.41) is 17.5. The van der Waals surface area contributed by atoms with Crippen LogP contribution in [0.25, 0.3) is 0 Å². The molecule has 6 heteroatoms. The smallest absolute Gasteiger partial charge is 0.207 e. The molecule has 0 fully saturated rings. The summed E-state index contributed by atoms with van der Waals surface area (Å²) < 4.78 is 0. The van der Waals surface area contributed by atoms with Gasteiger partial charge >= 0.3 is 0 Å². The fourth-order valence-electron chi connectivity index (χ4n) is 3.06. The first-order chi connectivity index (χ1) is 12.7. The van der Waals surface area contributed by atoms with Crippen LogP contribution in [0.1, 0.15) is 110 Å². The first kappa shape index (κ1) is 24.5.